The topological polar surface area (TPSA) is 52.6 Å². The first-order valence-corrected chi connectivity index (χ1v) is 4.68. The highest BCUT2D eigenvalue weighted by Gasteiger charge is 2.50. The molecule has 0 unspecified atom stereocenters. The zero-order valence-corrected chi connectivity index (χ0v) is 9.39. The van der Waals surface area contributed by atoms with Crippen LogP contribution in [0.25, 0.3) is 0 Å². The van der Waals surface area contributed by atoms with Crippen molar-refractivity contribution in [3.8, 4) is 0 Å². The van der Waals surface area contributed by atoms with Crippen LogP contribution in [0.3, 0.4) is 0 Å². The number of carbonyl (C=O) groups excluding carboxylic acids is 2. The lowest BCUT2D eigenvalue weighted by molar-refractivity contribution is -0.173. The number of hydrogen-bond donors (Lipinski definition) is 0. The van der Waals surface area contributed by atoms with Crippen LogP contribution in [0.5, 0.6) is 0 Å². The number of esters is 2. The largest absolute Gasteiger partial charge is 0.458 e. The molecule has 0 radical (unpaired) electrons. The van der Waals surface area contributed by atoms with Crippen LogP contribution in [-0.4, -0.2) is 37.5 Å². The molecule has 110 valence electrons. The molecule has 0 aromatic carbocycles. The summed E-state index contributed by atoms with van der Waals surface area (Å²) in [5.74, 6) is -3.18. The van der Waals surface area contributed by atoms with E-state index in [-0.39, 0.29) is 12.7 Å². The average Bonchev–Trinajstić information content (AvgIpc) is 2.20. The van der Waals surface area contributed by atoms with Crippen LogP contribution in [0.2, 0.25) is 0 Å². The Morgan fingerprint density at radius 3 is 1.74 bits per heavy atom. The van der Waals surface area contributed by atoms with Crippen LogP contribution in [0, 0.1) is 0 Å². The molecule has 0 aromatic heterocycles. The summed E-state index contributed by atoms with van der Waals surface area (Å²) in [7, 11) is 0. The van der Waals surface area contributed by atoms with Gasteiger partial charge in [-0.2, -0.15) is 26.3 Å². The molecular weight excluding hydrogens is 286 g/mol. The van der Waals surface area contributed by atoms with Gasteiger partial charge in [0, 0.05) is 0 Å². The molecule has 10 heteroatoms. The van der Waals surface area contributed by atoms with Crippen molar-refractivity contribution in [3.05, 3.63) is 11.6 Å². The van der Waals surface area contributed by atoms with E-state index < -0.39 is 36.5 Å². The van der Waals surface area contributed by atoms with Crippen molar-refractivity contribution in [1.29, 1.82) is 0 Å². The van der Waals surface area contributed by atoms with Crippen molar-refractivity contribution in [2.24, 2.45) is 0 Å². The van der Waals surface area contributed by atoms with Gasteiger partial charge in [0.1, 0.15) is 12.2 Å². The van der Waals surface area contributed by atoms with Crippen LogP contribution < -0.4 is 0 Å². The van der Waals surface area contributed by atoms with Crippen molar-refractivity contribution in [2.75, 3.05) is 13.2 Å². The predicted octanol–water partition coefficient (Wildman–Crippen LogP) is 2.14. The van der Waals surface area contributed by atoms with E-state index in [1.54, 1.807) is 0 Å². The molecule has 0 saturated heterocycles. The van der Waals surface area contributed by atoms with Crippen LogP contribution in [0.4, 0.5) is 26.3 Å². The molecule has 4 nitrogen and oxygen atoms in total. The molecular formula is C9H8F6O4. The van der Waals surface area contributed by atoms with Gasteiger partial charge in [0.05, 0.1) is 6.61 Å². The lowest BCUT2D eigenvalue weighted by Crippen LogP contribution is -2.27. The minimum atomic E-state index is -5.64. The van der Waals surface area contributed by atoms with Crippen molar-refractivity contribution in [3.63, 3.8) is 0 Å². The van der Waals surface area contributed by atoms with Crippen LogP contribution in [0.1, 0.15) is 6.92 Å². The lowest BCUT2D eigenvalue weighted by atomic mass is 10.2. The molecule has 0 atom stereocenters. The Labute approximate surface area is 103 Å². The van der Waals surface area contributed by atoms with E-state index in [9.17, 15) is 35.9 Å². The second kappa shape index (κ2) is 6.43. The summed E-state index contributed by atoms with van der Waals surface area (Å²) in [6.07, 6.45) is -11.7. The summed E-state index contributed by atoms with van der Waals surface area (Å²) in [4.78, 5) is 21.4. The van der Waals surface area contributed by atoms with Crippen molar-refractivity contribution in [1.82, 2.24) is 0 Å². The second-order valence-corrected chi connectivity index (χ2v) is 2.93. The first-order chi connectivity index (χ1) is 8.50. The quantitative estimate of drug-likeness (QED) is 0.346. The molecule has 0 amide bonds. The molecule has 0 aromatic rings. The second-order valence-electron chi connectivity index (χ2n) is 2.93. The molecule has 0 aliphatic rings. The Kier molecular flexibility index (Phi) is 5.84. The zero-order chi connectivity index (χ0) is 15.3. The molecule has 0 bridgehead atoms. The van der Waals surface area contributed by atoms with Gasteiger partial charge < -0.3 is 9.47 Å². The number of ether oxygens (including phenoxy) is 2. The number of alkyl halides is 6. The van der Waals surface area contributed by atoms with Crippen molar-refractivity contribution >= 4 is 11.9 Å². The fourth-order valence-electron chi connectivity index (χ4n) is 0.842. The molecule has 0 aliphatic carbocycles. The van der Waals surface area contributed by atoms with Crippen LogP contribution in [-0.2, 0) is 19.1 Å². The van der Waals surface area contributed by atoms with Gasteiger partial charge in [-0.05, 0) is 13.0 Å². The van der Waals surface area contributed by atoms with E-state index in [4.69, 9.17) is 0 Å². The van der Waals surface area contributed by atoms with Crippen LogP contribution >= 0.6 is 0 Å². The fraction of sp³-hybridized carbons (Fsp3) is 0.556. The average molecular weight is 294 g/mol. The first-order valence-electron chi connectivity index (χ1n) is 4.68. The Balaban J connectivity index is 4.68. The predicted molar refractivity (Wildman–Crippen MR) is 47.8 cm³/mol. The van der Waals surface area contributed by atoms with E-state index in [2.05, 4.69) is 9.47 Å². The third-order valence-electron chi connectivity index (χ3n) is 1.55. The Morgan fingerprint density at radius 2 is 1.37 bits per heavy atom. The normalized spacial score (nSPS) is 11.7. The summed E-state index contributed by atoms with van der Waals surface area (Å²) < 4.78 is 80.0. The smallest absolute Gasteiger partial charge is 0.421 e. The van der Waals surface area contributed by atoms with E-state index in [1.807, 2.05) is 0 Å². The van der Waals surface area contributed by atoms with E-state index in [1.165, 1.54) is 6.92 Å². The third-order valence-corrected chi connectivity index (χ3v) is 1.55. The van der Waals surface area contributed by atoms with Gasteiger partial charge in [-0.1, -0.05) is 0 Å². The molecule has 0 N–H and O–H groups in total. The van der Waals surface area contributed by atoms with Crippen molar-refractivity contribution < 1.29 is 45.4 Å². The first kappa shape index (κ1) is 17.3. The monoisotopic (exact) mass is 294 g/mol. The summed E-state index contributed by atoms with van der Waals surface area (Å²) >= 11 is 0. The maximum atomic E-state index is 12.0. The summed E-state index contributed by atoms with van der Waals surface area (Å²) in [6.45, 7) is -0.206. The Hall–Kier alpha value is -1.74. The maximum absolute atomic E-state index is 12.0. The van der Waals surface area contributed by atoms with Gasteiger partial charge >= 0.3 is 24.3 Å². The molecule has 0 aliphatic heterocycles. The zero-order valence-electron chi connectivity index (χ0n) is 9.39. The molecule has 19 heavy (non-hydrogen) atoms. The maximum Gasteiger partial charge on any atom is 0.421 e. The van der Waals surface area contributed by atoms with Gasteiger partial charge in [-0.3, -0.25) is 0 Å². The highest BCUT2D eigenvalue weighted by Crippen LogP contribution is 2.38. The molecule has 0 saturated carbocycles. The minimum absolute atomic E-state index is 0.194. The minimum Gasteiger partial charge on any atom is -0.458 e. The van der Waals surface area contributed by atoms with E-state index in [0.29, 0.717) is 0 Å². The highest BCUT2D eigenvalue weighted by molar-refractivity contribution is 6.29. The number of halogens is 6. The number of allylic oxidation sites excluding steroid dienone is 1. The fourth-order valence-corrected chi connectivity index (χ4v) is 0.842. The SMILES string of the molecule is CCOC(=O)C(=O)OCC=C(C(F)(F)F)C(F)(F)F. The standard InChI is InChI=1S/C9H8F6O4/c1-2-18-6(16)7(17)19-4-3-5(8(10,11)12)9(13,14)15/h3H,2,4H2,1H3. The van der Waals surface area contributed by atoms with Crippen molar-refractivity contribution in [2.45, 2.75) is 19.3 Å². The Morgan fingerprint density at radius 1 is 0.947 bits per heavy atom. The highest BCUT2D eigenvalue weighted by atomic mass is 19.4. The van der Waals surface area contributed by atoms with Gasteiger partial charge in [0.25, 0.3) is 0 Å². The van der Waals surface area contributed by atoms with Crippen LogP contribution in [0.15, 0.2) is 11.6 Å². The van der Waals surface area contributed by atoms with Gasteiger partial charge in [-0.15, -0.1) is 0 Å². The Bertz CT molecular complexity index is 352. The summed E-state index contributed by atoms with van der Waals surface area (Å²) in [6, 6.07) is 0. The van der Waals surface area contributed by atoms with Gasteiger partial charge in [-0.25, -0.2) is 9.59 Å². The number of hydrogen-bond acceptors (Lipinski definition) is 4. The van der Waals surface area contributed by atoms with Gasteiger partial charge in [0.2, 0.25) is 0 Å². The van der Waals surface area contributed by atoms with Gasteiger partial charge in [0.15, 0.2) is 0 Å². The number of rotatable bonds is 3. The number of carbonyl (C=O) groups is 2. The lowest BCUT2D eigenvalue weighted by Gasteiger charge is -2.14. The molecule has 0 fully saturated rings. The summed E-state index contributed by atoms with van der Waals surface area (Å²) in [5, 5.41) is 0. The third kappa shape index (κ3) is 6.11. The molecule has 0 rings (SSSR count). The molecule has 0 heterocycles. The summed E-state index contributed by atoms with van der Waals surface area (Å²) in [5.41, 5.74) is -2.82. The van der Waals surface area contributed by atoms with E-state index in [0.717, 1.165) is 0 Å². The molecule has 0 spiro atoms. The van der Waals surface area contributed by atoms with E-state index >= 15 is 0 Å².